The predicted octanol–water partition coefficient (Wildman–Crippen LogP) is 2.99. The first-order chi connectivity index (χ1) is 11.8. The van der Waals surface area contributed by atoms with Crippen molar-refractivity contribution >= 4 is 17.7 Å². The number of likely N-dealkylation sites (tertiary alicyclic amines) is 1. The molecule has 1 aromatic rings. The molecule has 1 aromatic heterocycles. The van der Waals surface area contributed by atoms with Gasteiger partial charge in [0.2, 0.25) is 0 Å². The Hall–Kier alpha value is -1.01. The fourth-order valence-corrected chi connectivity index (χ4v) is 4.84. The molecule has 0 bridgehead atoms. The second-order valence-electron chi connectivity index (χ2n) is 7.33. The molecule has 4 rings (SSSR count). The highest BCUT2D eigenvalue weighted by Gasteiger charge is 2.33. The minimum absolute atomic E-state index is 0.0650. The van der Waals surface area contributed by atoms with Crippen molar-refractivity contribution < 1.29 is 9.32 Å². The van der Waals surface area contributed by atoms with Crippen LogP contribution >= 0.6 is 11.8 Å². The molecule has 0 aromatic carbocycles. The standard InChI is InChI=1S/C18H27N3O2S/c22-18(16-11-17(23-19-16)14-5-6-14)21-9-4-10-24-13-15(21)12-20-7-2-1-3-8-20/h11,14-15H,1-10,12-13H2/t15-/m1/s1. The normalized spacial score (nSPS) is 26.3. The van der Waals surface area contributed by atoms with Gasteiger partial charge in [0.25, 0.3) is 5.91 Å². The van der Waals surface area contributed by atoms with E-state index in [1.807, 2.05) is 17.8 Å². The Bertz CT molecular complexity index is 566. The van der Waals surface area contributed by atoms with Gasteiger partial charge in [0.15, 0.2) is 5.69 Å². The van der Waals surface area contributed by atoms with Gasteiger partial charge in [-0.3, -0.25) is 4.79 Å². The summed E-state index contributed by atoms with van der Waals surface area (Å²) < 4.78 is 5.40. The summed E-state index contributed by atoms with van der Waals surface area (Å²) in [5.41, 5.74) is 0.507. The summed E-state index contributed by atoms with van der Waals surface area (Å²) in [5, 5.41) is 4.08. The Kier molecular flexibility index (Phi) is 5.13. The molecule has 0 N–H and O–H groups in total. The fraction of sp³-hybridized carbons (Fsp3) is 0.778. The summed E-state index contributed by atoms with van der Waals surface area (Å²) in [4.78, 5) is 17.6. The number of nitrogens with zero attached hydrogens (tertiary/aromatic N) is 3. The third kappa shape index (κ3) is 3.80. The van der Waals surface area contributed by atoms with E-state index in [1.165, 1.54) is 45.2 Å². The maximum absolute atomic E-state index is 13.0. The topological polar surface area (TPSA) is 49.6 Å². The highest BCUT2D eigenvalue weighted by molar-refractivity contribution is 7.99. The molecule has 1 saturated carbocycles. The second kappa shape index (κ2) is 7.48. The third-order valence-corrected chi connectivity index (χ3v) is 6.54. The number of rotatable bonds is 4. The van der Waals surface area contributed by atoms with Crippen LogP contribution in [0.3, 0.4) is 0 Å². The lowest BCUT2D eigenvalue weighted by Gasteiger charge is -2.35. The Labute approximate surface area is 148 Å². The minimum Gasteiger partial charge on any atom is -0.360 e. The largest absolute Gasteiger partial charge is 0.360 e. The van der Waals surface area contributed by atoms with E-state index in [0.29, 0.717) is 17.7 Å². The molecular weight excluding hydrogens is 322 g/mol. The Morgan fingerprint density at radius 3 is 2.83 bits per heavy atom. The molecule has 2 aliphatic heterocycles. The van der Waals surface area contributed by atoms with E-state index >= 15 is 0 Å². The lowest BCUT2D eigenvalue weighted by molar-refractivity contribution is 0.0635. The smallest absolute Gasteiger partial charge is 0.276 e. The number of hydrogen-bond acceptors (Lipinski definition) is 5. The Morgan fingerprint density at radius 1 is 1.21 bits per heavy atom. The predicted molar refractivity (Wildman–Crippen MR) is 95.5 cm³/mol. The number of thioether (sulfide) groups is 1. The SMILES string of the molecule is O=C(c1cc(C2CC2)on1)N1CCCSC[C@H]1CN1CCCCC1. The van der Waals surface area contributed by atoms with Gasteiger partial charge < -0.3 is 14.3 Å². The number of hydrogen-bond donors (Lipinski definition) is 0. The monoisotopic (exact) mass is 349 g/mol. The van der Waals surface area contributed by atoms with Crippen molar-refractivity contribution in [3.63, 3.8) is 0 Å². The summed E-state index contributed by atoms with van der Waals surface area (Å²) in [7, 11) is 0. The van der Waals surface area contributed by atoms with E-state index < -0.39 is 0 Å². The summed E-state index contributed by atoms with van der Waals surface area (Å²) in [6.07, 6.45) is 7.34. The maximum Gasteiger partial charge on any atom is 0.276 e. The molecule has 0 radical (unpaired) electrons. The van der Waals surface area contributed by atoms with Crippen molar-refractivity contribution in [3.05, 3.63) is 17.5 Å². The van der Waals surface area contributed by atoms with Gasteiger partial charge in [-0.1, -0.05) is 11.6 Å². The van der Waals surface area contributed by atoms with E-state index in [1.54, 1.807) is 0 Å². The zero-order chi connectivity index (χ0) is 16.4. The average molecular weight is 350 g/mol. The molecule has 132 valence electrons. The second-order valence-corrected chi connectivity index (χ2v) is 8.48. The molecule has 3 heterocycles. The Balaban J connectivity index is 1.46. The van der Waals surface area contributed by atoms with Crippen molar-refractivity contribution in [2.24, 2.45) is 0 Å². The lowest BCUT2D eigenvalue weighted by atomic mass is 10.1. The number of carbonyl (C=O) groups excluding carboxylic acids is 1. The van der Waals surface area contributed by atoms with Gasteiger partial charge in [-0.05, 0) is 50.9 Å². The molecule has 0 spiro atoms. The van der Waals surface area contributed by atoms with Crippen LogP contribution in [0.5, 0.6) is 0 Å². The van der Waals surface area contributed by atoms with Crippen molar-refractivity contribution in [3.8, 4) is 0 Å². The van der Waals surface area contributed by atoms with Crippen molar-refractivity contribution in [2.75, 3.05) is 37.7 Å². The molecule has 3 fully saturated rings. The quantitative estimate of drug-likeness (QED) is 0.836. The van der Waals surface area contributed by atoms with Crippen molar-refractivity contribution in [2.45, 2.75) is 50.5 Å². The maximum atomic E-state index is 13.0. The molecule has 1 amide bonds. The van der Waals surface area contributed by atoms with E-state index in [2.05, 4.69) is 15.0 Å². The first-order valence-corrected chi connectivity index (χ1v) is 10.5. The molecule has 2 saturated heterocycles. The minimum atomic E-state index is 0.0650. The van der Waals surface area contributed by atoms with Crippen LogP contribution in [0.1, 0.15) is 60.7 Å². The van der Waals surface area contributed by atoms with E-state index in [-0.39, 0.29) is 5.91 Å². The third-order valence-electron chi connectivity index (χ3n) is 5.34. The van der Waals surface area contributed by atoms with Gasteiger partial charge in [0.1, 0.15) is 5.76 Å². The molecule has 1 aliphatic carbocycles. The van der Waals surface area contributed by atoms with Crippen LogP contribution < -0.4 is 0 Å². The van der Waals surface area contributed by atoms with Gasteiger partial charge in [0.05, 0.1) is 6.04 Å². The van der Waals surface area contributed by atoms with Crippen LogP contribution in [0, 0.1) is 0 Å². The molecule has 6 heteroatoms. The molecule has 1 atom stereocenters. The molecule has 0 unspecified atom stereocenters. The van der Waals surface area contributed by atoms with Gasteiger partial charge in [-0.25, -0.2) is 0 Å². The van der Waals surface area contributed by atoms with Crippen LogP contribution in [0.25, 0.3) is 0 Å². The molecule has 3 aliphatic rings. The van der Waals surface area contributed by atoms with Gasteiger partial charge >= 0.3 is 0 Å². The number of piperidine rings is 1. The van der Waals surface area contributed by atoms with E-state index in [9.17, 15) is 4.79 Å². The van der Waals surface area contributed by atoms with E-state index in [4.69, 9.17) is 4.52 Å². The molecular formula is C18H27N3O2S. The van der Waals surface area contributed by atoms with Crippen molar-refractivity contribution in [1.29, 1.82) is 0 Å². The first kappa shape index (κ1) is 16.5. The molecule has 5 nitrogen and oxygen atoms in total. The summed E-state index contributed by atoms with van der Waals surface area (Å²) in [6, 6.07) is 2.18. The van der Waals surface area contributed by atoms with E-state index in [0.717, 1.165) is 36.8 Å². The number of amides is 1. The summed E-state index contributed by atoms with van der Waals surface area (Å²) >= 11 is 1.98. The lowest BCUT2D eigenvalue weighted by Crippen LogP contribution is -2.49. The van der Waals surface area contributed by atoms with Crippen LogP contribution in [-0.2, 0) is 0 Å². The average Bonchev–Trinajstić information content (AvgIpc) is 3.38. The summed E-state index contributed by atoms with van der Waals surface area (Å²) in [6.45, 7) is 4.21. The summed E-state index contributed by atoms with van der Waals surface area (Å²) in [5.74, 6) is 3.65. The number of carbonyl (C=O) groups is 1. The van der Waals surface area contributed by atoms with Crippen molar-refractivity contribution in [1.82, 2.24) is 15.0 Å². The zero-order valence-electron chi connectivity index (χ0n) is 14.3. The first-order valence-electron chi connectivity index (χ1n) is 9.39. The van der Waals surface area contributed by atoms with Gasteiger partial charge in [0, 0.05) is 30.8 Å². The number of aromatic nitrogens is 1. The van der Waals surface area contributed by atoms with Crippen LogP contribution in [0.2, 0.25) is 0 Å². The fourth-order valence-electron chi connectivity index (χ4n) is 3.79. The highest BCUT2D eigenvalue weighted by Crippen LogP contribution is 2.40. The molecule has 24 heavy (non-hydrogen) atoms. The Morgan fingerprint density at radius 2 is 2.04 bits per heavy atom. The van der Waals surface area contributed by atoms with Crippen LogP contribution in [0.4, 0.5) is 0 Å². The van der Waals surface area contributed by atoms with Crippen LogP contribution in [-0.4, -0.2) is 64.6 Å². The van der Waals surface area contributed by atoms with Crippen LogP contribution in [0.15, 0.2) is 10.6 Å². The van der Waals surface area contributed by atoms with Gasteiger partial charge in [-0.15, -0.1) is 0 Å². The highest BCUT2D eigenvalue weighted by atomic mass is 32.2. The zero-order valence-corrected chi connectivity index (χ0v) is 15.1. The van der Waals surface area contributed by atoms with Gasteiger partial charge in [-0.2, -0.15) is 11.8 Å².